The van der Waals surface area contributed by atoms with E-state index in [-0.39, 0.29) is 11.8 Å². The van der Waals surface area contributed by atoms with Crippen molar-refractivity contribution in [3.8, 4) is 11.5 Å². The van der Waals surface area contributed by atoms with Gasteiger partial charge in [-0.15, -0.1) is 0 Å². The smallest absolute Gasteiger partial charge is 0.253 e. The van der Waals surface area contributed by atoms with Gasteiger partial charge in [-0.3, -0.25) is 9.59 Å². The molecule has 0 aromatic heterocycles. The number of benzene rings is 2. The van der Waals surface area contributed by atoms with Crippen LogP contribution >= 0.6 is 0 Å². The molecule has 2 amide bonds. The molecule has 1 aliphatic rings. The van der Waals surface area contributed by atoms with Crippen LogP contribution in [0.4, 0.5) is 5.69 Å². The Morgan fingerprint density at radius 3 is 2.42 bits per heavy atom. The summed E-state index contributed by atoms with van der Waals surface area (Å²) < 4.78 is 11.0. The highest BCUT2D eigenvalue weighted by Crippen LogP contribution is 2.28. The molecule has 0 radical (unpaired) electrons. The lowest BCUT2D eigenvalue weighted by atomic mass is 10.1. The average molecular weight is 426 g/mol. The minimum absolute atomic E-state index is 0.0162. The largest absolute Gasteiger partial charge is 0.493 e. The summed E-state index contributed by atoms with van der Waals surface area (Å²) in [4.78, 5) is 26.3. The van der Waals surface area contributed by atoms with Crippen LogP contribution in [0.2, 0.25) is 0 Å². The summed E-state index contributed by atoms with van der Waals surface area (Å²) in [5, 5.41) is 6.21. The summed E-state index contributed by atoms with van der Waals surface area (Å²) in [7, 11) is 1.62. The van der Waals surface area contributed by atoms with Gasteiger partial charge in [0.25, 0.3) is 5.91 Å². The highest BCUT2D eigenvalue weighted by molar-refractivity contribution is 5.97. The molecular weight excluding hydrogens is 394 g/mol. The van der Waals surface area contributed by atoms with Crippen LogP contribution in [0, 0.1) is 0 Å². The number of hydrogen-bond acceptors (Lipinski definition) is 5. The number of anilines is 1. The van der Waals surface area contributed by atoms with Gasteiger partial charge in [-0.05, 0) is 61.2 Å². The van der Waals surface area contributed by atoms with Crippen molar-refractivity contribution in [1.82, 2.24) is 10.2 Å². The van der Waals surface area contributed by atoms with E-state index in [1.54, 1.807) is 13.2 Å². The highest BCUT2D eigenvalue weighted by Gasteiger charge is 2.20. The number of likely N-dealkylation sites (tertiary alicyclic amines) is 1. The van der Waals surface area contributed by atoms with Crippen LogP contribution in [-0.4, -0.2) is 43.5 Å². The van der Waals surface area contributed by atoms with Gasteiger partial charge in [0.2, 0.25) is 5.91 Å². The molecule has 1 fully saturated rings. The fourth-order valence-corrected chi connectivity index (χ4v) is 3.75. The summed E-state index contributed by atoms with van der Waals surface area (Å²) in [6.45, 7) is 6.73. The summed E-state index contributed by atoms with van der Waals surface area (Å²) in [6.07, 6.45) is 2.08. The molecule has 2 N–H and O–H groups in total. The predicted molar refractivity (Wildman–Crippen MR) is 121 cm³/mol. The molecule has 0 aliphatic carbocycles. The first kappa shape index (κ1) is 22.6. The number of amides is 2. The van der Waals surface area contributed by atoms with E-state index in [0.29, 0.717) is 36.7 Å². The molecule has 3 rings (SSSR count). The number of ether oxygens (including phenoxy) is 2. The molecule has 0 unspecified atom stereocenters. The first-order valence-corrected chi connectivity index (χ1v) is 10.7. The highest BCUT2D eigenvalue weighted by atomic mass is 16.5. The van der Waals surface area contributed by atoms with Crippen LogP contribution in [0.15, 0.2) is 36.4 Å². The lowest BCUT2D eigenvalue weighted by Crippen LogP contribution is -2.28. The maximum absolute atomic E-state index is 12.9. The van der Waals surface area contributed by atoms with Crippen molar-refractivity contribution in [2.45, 2.75) is 39.8 Å². The third-order valence-electron chi connectivity index (χ3n) is 5.14. The van der Waals surface area contributed by atoms with E-state index in [2.05, 4.69) is 10.6 Å². The molecule has 7 nitrogen and oxygen atoms in total. The third kappa shape index (κ3) is 6.21. The lowest BCUT2D eigenvalue weighted by Gasteiger charge is -2.17. The monoisotopic (exact) mass is 425 g/mol. The van der Waals surface area contributed by atoms with E-state index < -0.39 is 0 Å². The van der Waals surface area contributed by atoms with Crippen molar-refractivity contribution in [1.29, 1.82) is 0 Å². The van der Waals surface area contributed by atoms with Gasteiger partial charge in [0.15, 0.2) is 11.5 Å². The molecule has 2 aromatic carbocycles. The molecule has 7 heteroatoms. The number of methoxy groups -OCH3 is 1. The SMILES string of the molecule is CCOc1cc(CNCc2cc(NC(C)=O)cc(C(=O)N3CCCC3)c2)ccc1OC. The van der Waals surface area contributed by atoms with Gasteiger partial charge in [0.1, 0.15) is 0 Å². The quantitative estimate of drug-likeness (QED) is 0.642. The van der Waals surface area contributed by atoms with Crippen LogP contribution in [0.25, 0.3) is 0 Å². The van der Waals surface area contributed by atoms with Gasteiger partial charge >= 0.3 is 0 Å². The van der Waals surface area contributed by atoms with Crippen molar-refractivity contribution >= 4 is 17.5 Å². The van der Waals surface area contributed by atoms with Crippen molar-refractivity contribution in [3.05, 3.63) is 53.1 Å². The maximum Gasteiger partial charge on any atom is 0.253 e. The number of carbonyl (C=O) groups is 2. The summed E-state index contributed by atoms with van der Waals surface area (Å²) >= 11 is 0. The van der Waals surface area contributed by atoms with Crippen LogP contribution in [0.1, 0.15) is 48.2 Å². The number of nitrogens with zero attached hydrogens (tertiary/aromatic N) is 1. The Morgan fingerprint density at radius 1 is 1.00 bits per heavy atom. The van der Waals surface area contributed by atoms with Crippen molar-refractivity contribution in [3.63, 3.8) is 0 Å². The predicted octanol–water partition coefficient (Wildman–Crippen LogP) is 3.58. The van der Waals surface area contributed by atoms with E-state index in [4.69, 9.17) is 9.47 Å². The van der Waals surface area contributed by atoms with Gasteiger partial charge in [0.05, 0.1) is 13.7 Å². The fourth-order valence-electron chi connectivity index (χ4n) is 3.75. The Balaban J connectivity index is 1.71. The first-order chi connectivity index (χ1) is 15.0. The second-order valence-electron chi connectivity index (χ2n) is 7.62. The van der Waals surface area contributed by atoms with E-state index in [9.17, 15) is 9.59 Å². The maximum atomic E-state index is 12.9. The second kappa shape index (κ2) is 10.8. The molecule has 0 saturated carbocycles. The Labute approximate surface area is 183 Å². The molecular formula is C24H31N3O4. The van der Waals surface area contributed by atoms with Gasteiger partial charge in [-0.1, -0.05) is 6.07 Å². The molecule has 31 heavy (non-hydrogen) atoms. The van der Waals surface area contributed by atoms with Crippen molar-refractivity contribution in [2.24, 2.45) is 0 Å². The summed E-state index contributed by atoms with van der Waals surface area (Å²) in [5.74, 6) is 1.28. The normalized spacial score (nSPS) is 13.2. The van der Waals surface area contributed by atoms with Crippen molar-refractivity contribution < 1.29 is 19.1 Å². The molecule has 0 bridgehead atoms. The van der Waals surface area contributed by atoms with Gasteiger partial charge in [-0.25, -0.2) is 0 Å². The molecule has 1 heterocycles. The minimum atomic E-state index is -0.161. The van der Waals surface area contributed by atoms with Gasteiger partial charge in [-0.2, -0.15) is 0 Å². The average Bonchev–Trinajstić information content (AvgIpc) is 3.28. The Bertz CT molecular complexity index is 923. The number of hydrogen-bond donors (Lipinski definition) is 2. The molecule has 2 aromatic rings. The summed E-state index contributed by atoms with van der Waals surface area (Å²) in [6, 6.07) is 11.4. The zero-order valence-corrected chi connectivity index (χ0v) is 18.5. The molecule has 0 atom stereocenters. The number of carbonyl (C=O) groups excluding carboxylic acids is 2. The van der Waals surface area contributed by atoms with Crippen LogP contribution in [0.3, 0.4) is 0 Å². The van der Waals surface area contributed by atoms with Crippen LogP contribution < -0.4 is 20.1 Å². The molecule has 166 valence electrons. The van der Waals surface area contributed by atoms with Gasteiger partial charge < -0.3 is 25.0 Å². The molecule has 1 aliphatic heterocycles. The molecule has 1 saturated heterocycles. The van der Waals surface area contributed by atoms with E-state index >= 15 is 0 Å². The fraction of sp³-hybridized carbons (Fsp3) is 0.417. The second-order valence-corrected chi connectivity index (χ2v) is 7.62. The Morgan fingerprint density at radius 2 is 1.74 bits per heavy atom. The summed E-state index contributed by atoms with van der Waals surface area (Å²) in [5.41, 5.74) is 3.24. The Kier molecular flexibility index (Phi) is 7.89. The Hall–Kier alpha value is -3.06. The van der Waals surface area contributed by atoms with Crippen LogP contribution in [-0.2, 0) is 17.9 Å². The topological polar surface area (TPSA) is 79.9 Å². The lowest BCUT2D eigenvalue weighted by molar-refractivity contribution is -0.114. The van der Waals surface area contributed by atoms with Crippen LogP contribution in [0.5, 0.6) is 11.5 Å². The standard InChI is InChI=1S/C24H31N3O4/c1-4-31-23-13-18(7-8-22(23)30-3)15-25-16-19-11-20(14-21(12-19)26-17(2)28)24(29)27-9-5-6-10-27/h7-8,11-14,25H,4-6,9-10,15-16H2,1-3H3,(H,26,28). The number of rotatable bonds is 9. The van der Waals surface area contributed by atoms with Gasteiger partial charge in [0, 0.05) is 44.4 Å². The minimum Gasteiger partial charge on any atom is -0.493 e. The third-order valence-corrected chi connectivity index (χ3v) is 5.14. The molecule has 0 spiro atoms. The zero-order chi connectivity index (χ0) is 22.2. The first-order valence-electron chi connectivity index (χ1n) is 10.7. The van der Waals surface area contributed by atoms with E-state index in [1.165, 1.54) is 6.92 Å². The number of nitrogens with one attached hydrogen (secondary N) is 2. The zero-order valence-electron chi connectivity index (χ0n) is 18.5. The van der Waals surface area contributed by atoms with E-state index in [0.717, 1.165) is 42.8 Å². The van der Waals surface area contributed by atoms with Crippen molar-refractivity contribution in [2.75, 3.05) is 32.1 Å². The van der Waals surface area contributed by atoms with E-state index in [1.807, 2.05) is 42.2 Å².